The molecule has 2 N–H and O–H groups in total. The van der Waals surface area contributed by atoms with Gasteiger partial charge in [-0.15, -0.1) is 0 Å². The maximum absolute atomic E-state index is 14.4. The topological polar surface area (TPSA) is 43.8 Å². The molecule has 1 aromatic carbocycles. The number of hydrogen-bond acceptors (Lipinski definition) is 2. The van der Waals surface area contributed by atoms with Crippen molar-refractivity contribution in [2.75, 3.05) is 0 Å². The molecule has 0 aliphatic rings. The smallest absolute Gasteiger partial charge is 0.290 e. The van der Waals surface area contributed by atoms with Crippen LogP contribution in [0.5, 0.6) is 0 Å². The van der Waals surface area contributed by atoms with Crippen LogP contribution >= 0.6 is 0 Å². The van der Waals surface area contributed by atoms with Crippen molar-refractivity contribution in [1.29, 1.82) is 0 Å². The highest BCUT2D eigenvalue weighted by molar-refractivity contribution is 5.80. The van der Waals surface area contributed by atoms with Gasteiger partial charge in [0.1, 0.15) is 5.65 Å². The lowest BCUT2D eigenvalue weighted by Gasteiger charge is -2.17. The van der Waals surface area contributed by atoms with Crippen LogP contribution in [-0.4, -0.2) is 9.55 Å². The first kappa shape index (κ1) is 13.7. The van der Waals surface area contributed by atoms with Gasteiger partial charge < -0.3 is 10.3 Å². The average Bonchev–Trinajstić information content (AvgIpc) is 2.86. The Hall–Kier alpha value is -2.27. The fraction of sp³-hybridized carbons (Fsp3) is 0.188. The molecule has 0 amide bonds. The van der Waals surface area contributed by atoms with Gasteiger partial charge in [-0.1, -0.05) is 30.3 Å². The van der Waals surface area contributed by atoms with Crippen LogP contribution in [0.25, 0.3) is 11.0 Å². The highest BCUT2D eigenvalue weighted by Gasteiger charge is 2.32. The van der Waals surface area contributed by atoms with Gasteiger partial charge in [-0.3, -0.25) is 0 Å². The molecule has 2 aromatic heterocycles. The predicted molar refractivity (Wildman–Crippen MR) is 78.0 cm³/mol. The van der Waals surface area contributed by atoms with Gasteiger partial charge in [0.05, 0.1) is 6.54 Å². The molecular formula is C16H15F2N3. The number of fused-ring (bicyclic) bond motifs is 1. The Kier molecular flexibility index (Phi) is 3.43. The van der Waals surface area contributed by atoms with Gasteiger partial charge in [0.2, 0.25) is 0 Å². The molecule has 0 saturated heterocycles. The second-order valence-corrected chi connectivity index (χ2v) is 4.93. The minimum atomic E-state index is -2.96. The van der Waals surface area contributed by atoms with E-state index in [1.54, 1.807) is 36.7 Å². The normalized spacial score (nSPS) is 12.0. The summed E-state index contributed by atoms with van der Waals surface area (Å²) in [7, 11) is 0. The van der Waals surface area contributed by atoms with Crippen LogP contribution in [0.1, 0.15) is 11.1 Å². The molecule has 3 nitrogen and oxygen atoms in total. The first-order valence-electron chi connectivity index (χ1n) is 6.68. The van der Waals surface area contributed by atoms with Crippen molar-refractivity contribution in [3.05, 3.63) is 66.0 Å². The van der Waals surface area contributed by atoms with Gasteiger partial charge in [-0.05, 0) is 17.7 Å². The van der Waals surface area contributed by atoms with Gasteiger partial charge >= 0.3 is 0 Å². The van der Waals surface area contributed by atoms with Crippen molar-refractivity contribution >= 4 is 11.0 Å². The molecule has 0 fully saturated rings. The van der Waals surface area contributed by atoms with Crippen LogP contribution in [0.4, 0.5) is 8.78 Å². The summed E-state index contributed by atoms with van der Waals surface area (Å²) in [6.45, 7) is -0.156. The van der Waals surface area contributed by atoms with E-state index in [1.807, 2.05) is 6.07 Å². The number of alkyl halides is 2. The van der Waals surface area contributed by atoms with E-state index in [1.165, 1.54) is 16.7 Å². The number of hydrogen-bond donors (Lipinski definition) is 1. The summed E-state index contributed by atoms with van der Waals surface area (Å²) in [6, 6.07) is 11.4. The van der Waals surface area contributed by atoms with Gasteiger partial charge in [0.25, 0.3) is 5.92 Å². The quantitative estimate of drug-likeness (QED) is 0.800. The van der Waals surface area contributed by atoms with E-state index in [0.29, 0.717) is 12.2 Å². The molecule has 21 heavy (non-hydrogen) atoms. The van der Waals surface area contributed by atoms with Crippen LogP contribution in [0.2, 0.25) is 0 Å². The monoisotopic (exact) mass is 287 g/mol. The van der Waals surface area contributed by atoms with Crippen LogP contribution in [-0.2, 0) is 19.0 Å². The van der Waals surface area contributed by atoms with Crippen LogP contribution in [0.15, 0.2) is 54.9 Å². The number of benzene rings is 1. The highest BCUT2D eigenvalue weighted by Crippen LogP contribution is 2.31. The van der Waals surface area contributed by atoms with Gasteiger partial charge in [0, 0.05) is 29.9 Å². The third kappa shape index (κ3) is 2.52. The van der Waals surface area contributed by atoms with Crippen LogP contribution in [0, 0.1) is 0 Å². The zero-order chi connectivity index (χ0) is 14.9. The van der Waals surface area contributed by atoms with Gasteiger partial charge in [-0.25, -0.2) is 4.98 Å². The molecule has 0 bridgehead atoms. The second kappa shape index (κ2) is 5.26. The molecule has 0 saturated carbocycles. The summed E-state index contributed by atoms with van der Waals surface area (Å²) < 4.78 is 30.3. The van der Waals surface area contributed by atoms with Crippen molar-refractivity contribution in [2.45, 2.75) is 19.0 Å². The fourth-order valence-corrected chi connectivity index (χ4v) is 2.47. The molecule has 0 atom stereocenters. The summed E-state index contributed by atoms with van der Waals surface area (Å²) in [4.78, 5) is 4.20. The third-order valence-corrected chi connectivity index (χ3v) is 3.50. The maximum atomic E-state index is 14.4. The van der Waals surface area contributed by atoms with E-state index in [0.717, 1.165) is 10.9 Å². The molecule has 3 aromatic rings. The Morgan fingerprint density at radius 2 is 1.86 bits per heavy atom. The number of rotatable bonds is 4. The summed E-state index contributed by atoms with van der Waals surface area (Å²) in [5, 5.41) is 0.823. The molecule has 0 unspecified atom stereocenters. The molecule has 108 valence electrons. The lowest BCUT2D eigenvalue weighted by molar-refractivity contribution is -0.0212. The van der Waals surface area contributed by atoms with E-state index < -0.39 is 12.5 Å². The maximum Gasteiger partial charge on any atom is 0.290 e. The van der Waals surface area contributed by atoms with Gasteiger partial charge in [-0.2, -0.15) is 8.78 Å². The minimum absolute atomic E-state index is 0.00270. The summed E-state index contributed by atoms with van der Waals surface area (Å²) >= 11 is 0. The SMILES string of the molecule is NCc1cn(CC(F)(F)c2ccccc2)c2ncccc12. The Morgan fingerprint density at radius 3 is 2.57 bits per heavy atom. The predicted octanol–water partition coefficient (Wildman–Crippen LogP) is 3.29. The Labute approximate surface area is 121 Å². The number of nitrogens with zero attached hydrogens (tertiary/aromatic N) is 2. The zero-order valence-electron chi connectivity index (χ0n) is 11.3. The molecule has 5 heteroatoms. The van der Waals surface area contributed by atoms with E-state index in [2.05, 4.69) is 4.98 Å². The van der Waals surface area contributed by atoms with Crippen molar-refractivity contribution in [3.63, 3.8) is 0 Å². The Bertz CT molecular complexity index is 751. The Balaban J connectivity index is 2.02. The zero-order valence-corrected chi connectivity index (χ0v) is 11.3. The molecule has 0 aliphatic carbocycles. The van der Waals surface area contributed by atoms with Crippen molar-refractivity contribution in [3.8, 4) is 0 Å². The average molecular weight is 287 g/mol. The van der Waals surface area contributed by atoms with E-state index >= 15 is 0 Å². The van der Waals surface area contributed by atoms with E-state index in [9.17, 15) is 8.78 Å². The molecular weight excluding hydrogens is 272 g/mol. The highest BCUT2D eigenvalue weighted by atomic mass is 19.3. The molecule has 2 heterocycles. The minimum Gasteiger partial charge on any atom is -0.326 e. The summed E-state index contributed by atoms with van der Waals surface area (Å²) in [5.74, 6) is -2.96. The molecule has 0 aliphatic heterocycles. The van der Waals surface area contributed by atoms with Crippen molar-refractivity contribution < 1.29 is 8.78 Å². The van der Waals surface area contributed by atoms with Crippen LogP contribution < -0.4 is 5.73 Å². The van der Waals surface area contributed by atoms with Crippen molar-refractivity contribution in [2.24, 2.45) is 5.73 Å². The first-order chi connectivity index (χ1) is 10.1. The number of aromatic nitrogens is 2. The fourth-order valence-electron chi connectivity index (χ4n) is 2.47. The van der Waals surface area contributed by atoms with Gasteiger partial charge in [0.15, 0.2) is 0 Å². The largest absolute Gasteiger partial charge is 0.326 e. The standard InChI is InChI=1S/C16H15F2N3/c17-16(18,13-5-2-1-3-6-13)11-21-10-12(9-19)14-7-4-8-20-15(14)21/h1-8,10H,9,11,19H2. The molecule has 0 spiro atoms. The summed E-state index contributed by atoms with van der Waals surface area (Å²) in [5.41, 5.74) is 7.03. The van der Waals surface area contributed by atoms with E-state index in [-0.39, 0.29) is 5.56 Å². The first-order valence-corrected chi connectivity index (χ1v) is 6.68. The lowest BCUT2D eigenvalue weighted by atomic mass is 10.1. The number of halogens is 2. The Morgan fingerprint density at radius 1 is 1.10 bits per heavy atom. The third-order valence-electron chi connectivity index (χ3n) is 3.50. The summed E-state index contributed by atoms with van der Waals surface area (Å²) in [6.07, 6.45) is 3.26. The molecule has 3 rings (SSSR count). The number of nitrogens with two attached hydrogens (primary N) is 1. The number of pyridine rings is 1. The van der Waals surface area contributed by atoms with Crippen molar-refractivity contribution in [1.82, 2.24) is 9.55 Å². The van der Waals surface area contributed by atoms with E-state index in [4.69, 9.17) is 5.73 Å². The molecule has 0 radical (unpaired) electrons. The lowest BCUT2D eigenvalue weighted by Crippen LogP contribution is -2.21. The second-order valence-electron chi connectivity index (χ2n) is 4.93. The van der Waals surface area contributed by atoms with Crippen LogP contribution in [0.3, 0.4) is 0 Å².